The van der Waals surface area contributed by atoms with Crippen LogP contribution in [0.5, 0.6) is 0 Å². The molecule has 0 saturated carbocycles. The molecule has 3 heteroatoms. The lowest BCUT2D eigenvalue weighted by molar-refractivity contribution is -0.122. The Morgan fingerprint density at radius 3 is 2.47 bits per heavy atom. The van der Waals surface area contributed by atoms with Crippen LogP contribution < -0.4 is 5.32 Å². The third-order valence-corrected chi connectivity index (χ3v) is 3.10. The highest BCUT2D eigenvalue weighted by molar-refractivity contribution is 5.76. The van der Waals surface area contributed by atoms with E-state index in [-0.39, 0.29) is 5.91 Å². The number of amides is 1. The molecule has 15 heavy (non-hydrogen) atoms. The number of hydrogen-bond acceptors (Lipinski definition) is 2. The standard InChI is InChI=1S/C12H24N2O/c1-4-5-12(15)13-11-6-8-14(9-7-11)10(2)3/h10-11H,4-9H2,1-3H3,(H,13,15). The fourth-order valence-electron chi connectivity index (χ4n) is 2.09. The van der Waals surface area contributed by atoms with E-state index in [0.29, 0.717) is 18.5 Å². The van der Waals surface area contributed by atoms with E-state index >= 15 is 0 Å². The molecule has 0 aromatic rings. The van der Waals surface area contributed by atoms with Gasteiger partial charge in [-0.2, -0.15) is 0 Å². The van der Waals surface area contributed by atoms with E-state index in [1.807, 2.05) is 6.92 Å². The van der Waals surface area contributed by atoms with E-state index < -0.39 is 0 Å². The summed E-state index contributed by atoms with van der Waals surface area (Å²) in [6.07, 6.45) is 3.82. The van der Waals surface area contributed by atoms with Gasteiger partial charge < -0.3 is 10.2 Å². The fraction of sp³-hybridized carbons (Fsp3) is 0.917. The van der Waals surface area contributed by atoms with Crippen molar-refractivity contribution < 1.29 is 4.79 Å². The van der Waals surface area contributed by atoms with Crippen LogP contribution in [0.25, 0.3) is 0 Å². The predicted octanol–water partition coefficient (Wildman–Crippen LogP) is 1.78. The Balaban J connectivity index is 2.22. The van der Waals surface area contributed by atoms with Crippen molar-refractivity contribution in [3.8, 4) is 0 Å². The Hall–Kier alpha value is -0.570. The third-order valence-electron chi connectivity index (χ3n) is 3.10. The number of carbonyl (C=O) groups excluding carboxylic acids is 1. The molecule has 0 aromatic heterocycles. The molecule has 0 radical (unpaired) electrons. The number of rotatable bonds is 4. The Labute approximate surface area is 93.2 Å². The van der Waals surface area contributed by atoms with Crippen LogP contribution in [0.3, 0.4) is 0 Å². The molecule has 88 valence electrons. The number of likely N-dealkylation sites (tertiary alicyclic amines) is 1. The zero-order valence-corrected chi connectivity index (χ0v) is 10.3. The maximum atomic E-state index is 11.4. The van der Waals surface area contributed by atoms with Gasteiger partial charge in [-0.05, 0) is 33.1 Å². The maximum Gasteiger partial charge on any atom is 0.220 e. The van der Waals surface area contributed by atoms with E-state index in [4.69, 9.17) is 0 Å². The molecule has 1 rings (SSSR count). The summed E-state index contributed by atoms with van der Waals surface area (Å²) in [7, 11) is 0. The van der Waals surface area contributed by atoms with Crippen molar-refractivity contribution in [1.82, 2.24) is 10.2 Å². The first-order chi connectivity index (χ1) is 7.13. The lowest BCUT2D eigenvalue weighted by Gasteiger charge is -2.34. The van der Waals surface area contributed by atoms with Gasteiger partial charge in [-0.15, -0.1) is 0 Å². The molecule has 0 spiro atoms. The van der Waals surface area contributed by atoms with Crippen molar-refractivity contribution in [3.05, 3.63) is 0 Å². The highest BCUT2D eigenvalue weighted by Crippen LogP contribution is 2.12. The average molecular weight is 212 g/mol. The number of carbonyl (C=O) groups is 1. The quantitative estimate of drug-likeness (QED) is 0.770. The van der Waals surface area contributed by atoms with Crippen LogP contribution in [0.2, 0.25) is 0 Å². The topological polar surface area (TPSA) is 32.3 Å². The normalized spacial score (nSPS) is 19.5. The van der Waals surface area contributed by atoms with Crippen LogP contribution in [0.1, 0.15) is 46.5 Å². The second-order valence-electron chi connectivity index (χ2n) is 4.72. The summed E-state index contributed by atoms with van der Waals surface area (Å²) in [4.78, 5) is 13.9. The van der Waals surface area contributed by atoms with Crippen LogP contribution in [0, 0.1) is 0 Å². The summed E-state index contributed by atoms with van der Waals surface area (Å²) in [6.45, 7) is 8.75. The van der Waals surface area contributed by atoms with E-state index in [9.17, 15) is 4.79 Å². The molecule has 1 aliphatic rings. The number of piperidine rings is 1. The first-order valence-electron chi connectivity index (χ1n) is 6.17. The second kappa shape index (κ2) is 6.11. The van der Waals surface area contributed by atoms with Gasteiger partial charge >= 0.3 is 0 Å². The summed E-state index contributed by atoms with van der Waals surface area (Å²) >= 11 is 0. The van der Waals surface area contributed by atoms with Gasteiger partial charge in [0.05, 0.1) is 0 Å². The van der Waals surface area contributed by atoms with Crippen molar-refractivity contribution >= 4 is 5.91 Å². The van der Waals surface area contributed by atoms with Crippen LogP contribution in [0.4, 0.5) is 0 Å². The van der Waals surface area contributed by atoms with Crippen molar-refractivity contribution in [1.29, 1.82) is 0 Å². The second-order valence-corrected chi connectivity index (χ2v) is 4.72. The zero-order chi connectivity index (χ0) is 11.3. The first-order valence-corrected chi connectivity index (χ1v) is 6.17. The lowest BCUT2D eigenvalue weighted by atomic mass is 10.0. The summed E-state index contributed by atoms with van der Waals surface area (Å²) < 4.78 is 0. The number of hydrogen-bond donors (Lipinski definition) is 1. The Bertz CT molecular complexity index is 196. The molecule has 1 N–H and O–H groups in total. The molecule has 1 heterocycles. The van der Waals surface area contributed by atoms with Crippen LogP contribution in [-0.4, -0.2) is 36.0 Å². The molecular weight excluding hydrogens is 188 g/mol. The highest BCUT2D eigenvalue weighted by Gasteiger charge is 2.21. The van der Waals surface area contributed by atoms with E-state index in [1.165, 1.54) is 0 Å². The van der Waals surface area contributed by atoms with E-state index in [0.717, 1.165) is 32.4 Å². The monoisotopic (exact) mass is 212 g/mol. The fourth-order valence-corrected chi connectivity index (χ4v) is 2.09. The zero-order valence-electron chi connectivity index (χ0n) is 10.3. The summed E-state index contributed by atoms with van der Waals surface area (Å²) in [5.41, 5.74) is 0. The molecule has 3 nitrogen and oxygen atoms in total. The summed E-state index contributed by atoms with van der Waals surface area (Å²) in [5, 5.41) is 3.11. The molecule has 0 aliphatic carbocycles. The first kappa shape index (κ1) is 12.5. The molecule has 0 atom stereocenters. The molecule has 0 bridgehead atoms. The van der Waals surface area contributed by atoms with Gasteiger partial charge in [0, 0.05) is 31.6 Å². The van der Waals surface area contributed by atoms with E-state index in [1.54, 1.807) is 0 Å². The number of nitrogens with zero attached hydrogens (tertiary/aromatic N) is 1. The van der Waals surface area contributed by atoms with Gasteiger partial charge in [-0.3, -0.25) is 4.79 Å². The minimum absolute atomic E-state index is 0.223. The molecule has 1 aliphatic heterocycles. The van der Waals surface area contributed by atoms with Crippen molar-refractivity contribution in [3.63, 3.8) is 0 Å². The van der Waals surface area contributed by atoms with Gasteiger partial charge in [0.15, 0.2) is 0 Å². The molecular formula is C12H24N2O. The summed E-state index contributed by atoms with van der Waals surface area (Å²) in [6, 6.07) is 1.05. The molecule has 1 amide bonds. The van der Waals surface area contributed by atoms with Gasteiger partial charge in [-0.1, -0.05) is 6.92 Å². The lowest BCUT2D eigenvalue weighted by Crippen LogP contribution is -2.46. The Morgan fingerprint density at radius 1 is 1.40 bits per heavy atom. The SMILES string of the molecule is CCCC(=O)NC1CCN(C(C)C)CC1. The van der Waals surface area contributed by atoms with Crippen molar-refractivity contribution in [2.45, 2.75) is 58.5 Å². The van der Waals surface area contributed by atoms with Crippen LogP contribution in [0.15, 0.2) is 0 Å². The Morgan fingerprint density at radius 2 is 2.00 bits per heavy atom. The maximum absolute atomic E-state index is 11.4. The number of nitrogens with one attached hydrogen (secondary N) is 1. The molecule has 0 aromatic carbocycles. The highest BCUT2D eigenvalue weighted by atomic mass is 16.1. The van der Waals surface area contributed by atoms with Gasteiger partial charge in [-0.25, -0.2) is 0 Å². The third kappa shape index (κ3) is 4.20. The molecule has 1 fully saturated rings. The van der Waals surface area contributed by atoms with Gasteiger partial charge in [0.2, 0.25) is 5.91 Å². The van der Waals surface area contributed by atoms with Gasteiger partial charge in [0.25, 0.3) is 0 Å². The van der Waals surface area contributed by atoms with Crippen molar-refractivity contribution in [2.75, 3.05) is 13.1 Å². The van der Waals surface area contributed by atoms with E-state index in [2.05, 4.69) is 24.1 Å². The summed E-state index contributed by atoms with van der Waals surface area (Å²) in [5.74, 6) is 0.223. The largest absolute Gasteiger partial charge is 0.353 e. The molecule has 1 saturated heterocycles. The average Bonchev–Trinajstić information content (AvgIpc) is 2.18. The Kier molecular flexibility index (Phi) is 5.09. The van der Waals surface area contributed by atoms with Gasteiger partial charge in [0.1, 0.15) is 0 Å². The minimum Gasteiger partial charge on any atom is -0.353 e. The predicted molar refractivity (Wildman–Crippen MR) is 62.8 cm³/mol. The minimum atomic E-state index is 0.223. The smallest absolute Gasteiger partial charge is 0.220 e. The van der Waals surface area contributed by atoms with Crippen LogP contribution >= 0.6 is 0 Å². The van der Waals surface area contributed by atoms with Crippen LogP contribution in [-0.2, 0) is 4.79 Å². The van der Waals surface area contributed by atoms with Crippen molar-refractivity contribution in [2.24, 2.45) is 0 Å². The molecule has 0 unspecified atom stereocenters.